The average molecular weight is 196 g/mol. The Morgan fingerprint density at radius 1 is 0.929 bits per heavy atom. The second-order valence-corrected chi connectivity index (χ2v) is 2.77. The molecule has 0 saturated carbocycles. The quantitative estimate of drug-likeness (QED) is 0.770. The summed E-state index contributed by atoms with van der Waals surface area (Å²) in [6.45, 7) is 4.37. The fourth-order valence-corrected chi connectivity index (χ4v) is 1.20. The summed E-state index contributed by atoms with van der Waals surface area (Å²) in [5, 5.41) is 17.4. The zero-order valence-electron chi connectivity index (χ0n) is 9.03. The van der Waals surface area contributed by atoms with Crippen molar-refractivity contribution in [2.24, 2.45) is 0 Å². The van der Waals surface area contributed by atoms with Crippen LogP contribution in [0.15, 0.2) is 24.3 Å². The first-order valence-corrected chi connectivity index (χ1v) is 5.16. The molecule has 0 aliphatic carbocycles. The highest BCUT2D eigenvalue weighted by atomic mass is 16.3. The number of hydrogen-bond acceptors (Lipinski definition) is 2. The van der Waals surface area contributed by atoms with Gasteiger partial charge in [0, 0.05) is 13.2 Å². The average Bonchev–Trinajstić information content (AvgIpc) is 2.22. The van der Waals surface area contributed by atoms with Crippen molar-refractivity contribution in [2.45, 2.75) is 26.7 Å². The van der Waals surface area contributed by atoms with Gasteiger partial charge in [0.2, 0.25) is 0 Å². The van der Waals surface area contributed by atoms with Crippen LogP contribution in [0.3, 0.4) is 0 Å². The van der Waals surface area contributed by atoms with Crippen LogP contribution in [0.2, 0.25) is 0 Å². The Bertz CT molecular complexity index is 212. The molecule has 2 nitrogen and oxygen atoms in total. The molecule has 1 aromatic rings. The number of rotatable bonds is 4. The summed E-state index contributed by atoms with van der Waals surface area (Å²) in [4.78, 5) is 0. The summed E-state index contributed by atoms with van der Waals surface area (Å²) in [5.41, 5.74) is 2.26. The molecular weight excluding hydrogens is 176 g/mol. The predicted octanol–water partition coefficient (Wildman–Crippen LogP) is 1.78. The Hall–Kier alpha value is -0.860. The van der Waals surface area contributed by atoms with Gasteiger partial charge in [-0.2, -0.15) is 0 Å². The van der Waals surface area contributed by atoms with Crippen molar-refractivity contribution >= 4 is 0 Å². The Morgan fingerprint density at radius 2 is 1.36 bits per heavy atom. The summed E-state index contributed by atoms with van der Waals surface area (Å²) in [6, 6.07) is 7.94. The minimum Gasteiger partial charge on any atom is -0.396 e. The van der Waals surface area contributed by atoms with E-state index in [1.807, 2.05) is 38.1 Å². The standard InChI is InChI=1S/C10H14O2.C2H6/c11-6-4-9-2-1-3-10(8-9)5-7-12;1-2/h1-3,8,11-12H,4-7H2;1-2H3. The van der Waals surface area contributed by atoms with E-state index < -0.39 is 0 Å². The van der Waals surface area contributed by atoms with Crippen LogP contribution < -0.4 is 0 Å². The van der Waals surface area contributed by atoms with E-state index in [2.05, 4.69) is 0 Å². The number of aliphatic hydroxyl groups is 2. The van der Waals surface area contributed by atoms with Gasteiger partial charge in [0.1, 0.15) is 0 Å². The number of aliphatic hydroxyl groups excluding tert-OH is 2. The van der Waals surface area contributed by atoms with E-state index in [1.165, 1.54) is 0 Å². The Balaban J connectivity index is 0.000000791. The lowest BCUT2D eigenvalue weighted by molar-refractivity contribution is 0.298. The van der Waals surface area contributed by atoms with E-state index in [-0.39, 0.29) is 13.2 Å². The Morgan fingerprint density at radius 3 is 1.71 bits per heavy atom. The van der Waals surface area contributed by atoms with E-state index in [4.69, 9.17) is 10.2 Å². The monoisotopic (exact) mass is 196 g/mol. The van der Waals surface area contributed by atoms with Crippen LogP contribution in [0, 0.1) is 0 Å². The second-order valence-electron chi connectivity index (χ2n) is 2.77. The lowest BCUT2D eigenvalue weighted by atomic mass is 10.1. The maximum Gasteiger partial charge on any atom is 0.0471 e. The van der Waals surface area contributed by atoms with Gasteiger partial charge in [-0.05, 0) is 24.0 Å². The van der Waals surface area contributed by atoms with Gasteiger partial charge in [0.25, 0.3) is 0 Å². The zero-order valence-corrected chi connectivity index (χ0v) is 9.03. The SMILES string of the molecule is CC.OCCc1cccc(CCO)c1. The van der Waals surface area contributed by atoms with E-state index in [1.54, 1.807) is 0 Å². The minimum atomic E-state index is 0.183. The summed E-state index contributed by atoms with van der Waals surface area (Å²) in [7, 11) is 0. The predicted molar refractivity (Wildman–Crippen MR) is 59.4 cm³/mol. The molecule has 0 atom stereocenters. The van der Waals surface area contributed by atoms with Crippen molar-refractivity contribution < 1.29 is 10.2 Å². The first-order chi connectivity index (χ1) is 6.86. The highest BCUT2D eigenvalue weighted by Crippen LogP contribution is 2.06. The van der Waals surface area contributed by atoms with Gasteiger partial charge in [-0.15, -0.1) is 0 Å². The van der Waals surface area contributed by atoms with E-state index in [0.29, 0.717) is 12.8 Å². The third-order valence-electron chi connectivity index (χ3n) is 1.79. The molecule has 0 unspecified atom stereocenters. The fraction of sp³-hybridized carbons (Fsp3) is 0.500. The molecule has 2 heteroatoms. The van der Waals surface area contributed by atoms with Gasteiger partial charge in [0.05, 0.1) is 0 Å². The van der Waals surface area contributed by atoms with Crippen LogP contribution in [0.4, 0.5) is 0 Å². The number of benzene rings is 1. The normalized spacial score (nSPS) is 9.14. The molecule has 1 rings (SSSR count). The molecule has 0 amide bonds. The van der Waals surface area contributed by atoms with Crippen molar-refractivity contribution in [1.82, 2.24) is 0 Å². The highest BCUT2D eigenvalue weighted by Gasteiger charge is 1.94. The molecule has 0 bridgehead atoms. The van der Waals surface area contributed by atoms with Crippen molar-refractivity contribution in [3.63, 3.8) is 0 Å². The molecular formula is C12H20O2. The summed E-state index contributed by atoms with van der Waals surface area (Å²) in [6.07, 6.45) is 1.39. The molecule has 0 aromatic heterocycles. The second kappa shape index (κ2) is 8.73. The van der Waals surface area contributed by atoms with E-state index >= 15 is 0 Å². The lowest BCUT2D eigenvalue weighted by Crippen LogP contribution is -1.94. The first kappa shape index (κ1) is 13.1. The van der Waals surface area contributed by atoms with Gasteiger partial charge >= 0.3 is 0 Å². The molecule has 0 fully saturated rings. The molecule has 1 aromatic carbocycles. The highest BCUT2D eigenvalue weighted by molar-refractivity contribution is 5.23. The van der Waals surface area contributed by atoms with Crippen molar-refractivity contribution in [1.29, 1.82) is 0 Å². The van der Waals surface area contributed by atoms with Crippen molar-refractivity contribution in [3.8, 4) is 0 Å². The van der Waals surface area contributed by atoms with Gasteiger partial charge in [-0.3, -0.25) is 0 Å². The molecule has 0 radical (unpaired) electrons. The molecule has 2 N–H and O–H groups in total. The zero-order chi connectivity index (χ0) is 10.8. The van der Waals surface area contributed by atoms with E-state index in [0.717, 1.165) is 11.1 Å². The van der Waals surface area contributed by atoms with Crippen LogP contribution in [0.5, 0.6) is 0 Å². The van der Waals surface area contributed by atoms with Crippen molar-refractivity contribution in [2.75, 3.05) is 13.2 Å². The van der Waals surface area contributed by atoms with Crippen LogP contribution in [-0.2, 0) is 12.8 Å². The summed E-state index contributed by atoms with van der Waals surface area (Å²) in [5.74, 6) is 0. The van der Waals surface area contributed by atoms with Crippen molar-refractivity contribution in [3.05, 3.63) is 35.4 Å². The lowest BCUT2D eigenvalue weighted by Gasteiger charge is -2.01. The summed E-state index contributed by atoms with van der Waals surface area (Å²) < 4.78 is 0. The minimum absolute atomic E-state index is 0.183. The molecule has 0 aliphatic heterocycles. The van der Waals surface area contributed by atoms with Gasteiger partial charge in [-0.25, -0.2) is 0 Å². The molecule has 0 saturated heterocycles. The largest absolute Gasteiger partial charge is 0.396 e. The van der Waals surface area contributed by atoms with Crippen LogP contribution in [0.1, 0.15) is 25.0 Å². The summed E-state index contributed by atoms with van der Waals surface area (Å²) >= 11 is 0. The Kier molecular flexibility index (Phi) is 8.19. The maximum absolute atomic E-state index is 8.69. The van der Waals surface area contributed by atoms with Gasteiger partial charge in [0.15, 0.2) is 0 Å². The van der Waals surface area contributed by atoms with Crippen LogP contribution >= 0.6 is 0 Å². The third-order valence-corrected chi connectivity index (χ3v) is 1.79. The number of hydrogen-bond donors (Lipinski definition) is 2. The molecule has 0 heterocycles. The topological polar surface area (TPSA) is 40.5 Å². The maximum atomic E-state index is 8.69. The Labute approximate surface area is 86.2 Å². The van der Waals surface area contributed by atoms with E-state index in [9.17, 15) is 0 Å². The van der Waals surface area contributed by atoms with Crippen LogP contribution in [0.25, 0.3) is 0 Å². The fourth-order valence-electron chi connectivity index (χ4n) is 1.20. The molecule has 14 heavy (non-hydrogen) atoms. The van der Waals surface area contributed by atoms with Gasteiger partial charge < -0.3 is 10.2 Å². The van der Waals surface area contributed by atoms with Crippen LogP contribution in [-0.4, -0.2) is 23.4 Å². The first-order valence-electron chi connectivity index (χ1n) is 5.16. The smallest absolute Gasteiger partial charge is 0.0471 e. The third kappa shape index (κ3) is 5.00. The molecule has 0 aliphatic rings. The van der Waals surface area contributed by atoms with Gasteiger partial charge in [-0.1, -0.05) is 38.1 Å². The molecule has 0 spiro atoms. The molecule has 80 valence electrons.